The molecule has 0 spiro atoms. The zero-order chi connectivity index (χ0) is 55.9. The average Bonchev–Trinajstić information content (AvgIpc) is 3.64. The van der Waals surface area contributed by atoms with Crippen LogP contribution >= 0.6 is 0 Å². The molecule has 80 heavy (non-hydrogen) atoms. The summed E-state index contributed by atoms with van der Waals surface area (Å²) in [6.45, 7) is 27.4. The van der Waals surface area contributed by atoms with E-state index in [4.69, 9.17) is 0 Å². The minimum absolute atomic E-state index is 0.0372. The molecule has 0 unspecified atom stereocenters. The molecule has 0 saturated heterocycles. The van der Waals surface area contributed by atoms with Crippen molar-refractivity contribution in [3.05, 3.63) is 252 Å². The highest BCUT2D eigenvalue weighted by Gasteiger charge is 2.25. The Morgan fingerprint density at radius 3 is 0.688 bits per heavy atom. The summed E-state index contributed by atoms with van der Waals surface area (Å²) >= 11 is 0. The SMILES string of the molecule is CC(C)(C)c1ccc(N(c2ccc(C(C)(C)C)cc2)c2cc3c4ccccc4c(C#Cc4cc5c6ccccc6c(N(c6ccc(C(C)(C)C)cc6)c6ccc(C(C)(C)C)cc6)cc5c5ccccc45)cc3c3ccccc23)cc1. The third kappa shape index (κ3) is 9.54. The highest BCUT2D eigenvalue weighted by Crippen LogP contribution is 2.47. The van der Waals surface area contributed by atoms with Crippen molar-refractivity contribution in [2.75, 3.05) is 9.80 Å². The van der Waals surface area contributed by atoms with Gasteiger partial charge in [-0.15, -0.1) is 0 Å². The van der Waals surface area contributed by atoms with E-state index in [2.05, 4.69) is 323 Å². The van der Waals surface area contributed by atoms with Crippen molar-refractivity contribution < 1.29 is 0 Å². The Balaban J connectivity index is 1.04. The van der Waals surface area contributed by atoms with Crippen LogP contribution in [0.15, 0.2) is 218 Å². The van der Waals surface area contributed by atoms with Gasteiger partial charge in [0.25, 0.3) is 0 Å². The lowest BCUT2D eigenvalue weighted by Gasteiger charge is -2.29. The Kier molecular flexibility index (Phi) is 12.8. The number of anilines is 6. The molecule has 12 aromatic carbocycles. The van der Waals surface area contributed by atoms with E-state index in [0.29, 0.717) is 0 Å². The second-order valence-corrected chi connectivity index (χ2v) is 26.1. The van der Waals surface area contributed by atoms with Crippen LogP contribution in [0.1, 0.15) is 116 Å². The molecular formula is C78H72N2. The minimum Gasteiger partial charge on any atom is -0.310 e. The zero-order valence-electron chi connectivity index (χ0n) is 48.7. The monoisotopic (exact) mass is 1040 g/mol. The molecule has 0 saturated carbocycles. The summed E-state index contributed by atoms with van der Waals surface area (Å²) in [5.74, 6) is 7.65. The maximum atomic E-state index is 3.82. The lowest BCUT2D eigenvalue weighted by Crippen LogP contribution is -2.14. The summed E-state index contributed by atoms with van der Waals surface area (Å²) in [6.07, 6.45) is 0. The Labute approximate surface area is 474 Å². The van der Waals surface area contributed by atoms with E-state index in [-0.39, 0.29) is 21.7 Å². The van der Waals surface area contributed by atoms with E-state index in [1.165, 1.54) is 76.1 Å². The van der Waals surface area contributed by atoms with Crippen LogP contribution in [0, 0.1) is 11.8 Å². The Hall–Kier alpha value is -8.64. The van der Waals surface area contributed by atoms with Gasteiger partial charge in [-0.3, -0.25) is 0 Å². The molecular weight excluding hydrogens is 965 g/mol. The third-order valence-corrected chi connectivity index (χ3v) is 16.5. The number of fused-ring (bicyclic) bond motifs is 10. The largest absolute Gasteiger partial charge is 0.310 e. The van der Waals surface area contributed by atoms with Gasteiger partial charge in [-0.25, -0.2) is 0 Å². The van der Waals surface area contributed by atoms with Crippen molar-refractivity contribution in [3.8, 4) is 11.8 Å². The summed E-state index contributed by atoms with van der Waals surface area (Å²) in [5.41, 5.74) is 14.2. The molecule has 2 nitrogen and oxygen atoms in total. The quantitative estimate of drug-likeness (QED) is 0.121. The molecule has 2 heteroatoms. The standard InChI is InChI=1S/C78H72N2/c1-75(2,3)53-31-39-57(40-32-53)79(58-41-33-54(34-42-58)76(4,5)6)73-49-71-63-23-15-13-21-61(63)51(47-69(71)65-25-17-19-27-67(65)73)29-30-52-48-70-66-26-18-20-28-68(66)74(50-72(70)64-24-16-14-22-62(52)64)80(59-43-35-55(36-44-59)77(7,8)9)60-45-37-56(38-46-60)78(10,11)12/h13-28,31-50H,1-12H3. The van der Waals surface area contributed by atoms with Crippen LogP contribution < -0.4 is 9.80 Å². The average molecular weight is 1040 g/mol. The second kappa shape index (κ2) is 19.6. The van der Waals surface area contributed by atoms with Crippen LogP contribution in [0.4, 0.5) is 34.1 Å². The van der Waals surface area contributed by atoms with Gasteiger partial charge in [0.05, 0.1) is 11.4 Å². The van der Waals surface area contributed by atoms with Gasteiger partial charge < -0.3 is 9.80 Å². The molecule has 12 aromatic rings. The van der Waals surface area contributed by atoms with Gasteiger partial charge in [0, 0.05) is 44.6 Å². The summed E-state index contributed by atoms with van der Waals surface area (Å²) in [6, 6.07) is 81.8. The van der Waals surface area contributed by atoms with Crippen LogP contribution in [0.3, 0.4) is 0 Å². The van der Waals surface area contributed by atoms with Crippen molar-refractivity contribution in [3.63, 3.8) is 0 Å². The molecule has 0 aliphatic heterocycles. The van der Waals surface area contributed by atoms with E-state index >= 15 is 0 Å². The Morgan fingerprint density at radius 1 is 0.225 bits per heavy atom. The van der Waals surface area contributed by atoms with E-state index in [9.17, 15) is 0 Å². The molecule has 0 bridgehead atoms. The molecule has 0 atom stereocenters. The van der Waals surface area contributed by atoms with Crippen LogP contribution in [-0.2, 0) is 21.7 Å². The van der Waals surface area contributed by atoms with Crippen LogP contribution in [0.2, 0.25) is 0 Å². The van der Waals surface area contributed by atoms with Gasteiger partial charge in [-0.2, -0.15) is 0 Å². The molecule has 0 aliphatic carbocycles. The fraction of sp³-hybridized carbons (Fsp3) is 0.205. The fourth-order valence-electron chi connectivity index (χ4n) is 11.9. The number of hydrogen-bond acceptors (Lipinski definition) is 2. The first kappa shape index (κ1) is 52.1. The first-order chi connectivity index (χ1) is 38.2. The molecule has 0 aromatic heterocycles. The van der Waals surface area contributed by atoms with Crippen molar-refractivity contribution in [1.29, 1.82) is 0 Å². The first-order valence-corrected chi connectivity index (χ1v) is 28.5. The highest BCUT2D eigenvalue weighted by molar-refractivity contribution is 6.24. The Bertz CT molecular complexity index is 4000. The van der Waals surface area contributed by atoms with E-state index < -0.39 is 0 Å². The van der Waals surface area contributed by atoms with Gasteiger partial charge in [0.15, 0.2) is 0 Å². The van der Waals surface area contributed by atoms with Gasteiger partial charge in [0.2, 0.25) is 0 Å². The maximum Gasteiger partial charge on any atom is 0.0546 e. The molecule has 0 heterocycles. The van der Waals surface area contributed by atoms with Gasteiger partial charge in [-0.05, 0) is 171 Å². The lowest BCUT2D eigenvalue weighted by molar-refractivity contribution is 0.590. The maximum absolute atomic E-state index is 3.82. The van der Waals surface area contributed by atoms with Gasteiger partial charge in [0.1, 0.15) is 0 Å². The topological polar surface area (TPSA) is 6.48 Å². The van der Waals surface area contributed by atoms with Crippen molar-refractivity contribution in [1.82, 2.24) is 0 Å². The number of nitrogens with zero attached hydrogens (tertiary/aromatic N) is 2. The van der Waals surface area contributed by atoms with Crippen LogP contribution in [0.5, 0.6) is 0 Å². The zero-order valence-corrected chi connectivity index (χ0v) is 48.7. The summed E-state index contributed by atoms with van der Waals surface area (Å²) in [4.78, 5) is 4.90. The number of benzene rings is 12. The van der Waals surface area contributed by atoms with E-state index in [1.807, 2.05) is 0 Å². The van der Waals surface area contributed by atoms with E-state index in [0.717, 1.165) is 56.0 Å². The molecule has 0 aliphatic rings. The highest BCUT2D eigenvalue weighted by atomic mass is 15.1. The number of hydrogen-bond donors (Lipinski definition) is 0. The smallest absolute Gasteiger partial charge is 0.0546 e. The molecule has 0 radical (unpaired) electrons. The summed E-state index contributed by atoms with van der Waals surface area (Å²) in [7, 11) is 0. The van der Waals surface area contributed by atoms with Crippen molar-refractivity contribution >= 4 is 98.8 Å². The van der Waals surface area contributed by atoms with Gasteiger partial charge in [-0.1, -0.05) is 241 Å². The van der Waals surface area contributed by atoms with Crippen molar-refractivity contribution in [2.24, 2.45) is 0 Å². The Morgan fingerprint density at radius 2 is 0.438 bits per heavy atom. The van der Waals surface area contributed by atoms with Crippen LogP contribution in [0.25, 0.3) is 64.6 Å². The minimum atomic E-state index is 0.0372. The van der Waals surface area contributed by atoms with Gasteiger partial charge >= 0.3 is 0 Å². The van der Waals surface area contributed by atoms with E-state index in [1.54, 1.807) is 0 Å². The molecule has 0 N–H and O–H groups in total. The first-order valence-electron chi connectivity index (χ1n) is 28.5. The second-order valence-electron chi connectivity index (χ2n) is 26.1. The normalized spacial score (nSPS) is 12.4. The molecule has 0 amide bonds. The summed E-state index contributed by atoms with van der Waals surface area (Å²) in [5, 5.41) is 14.2. The lowest BCUT2D eigenvalue weighted by atomic mass is 9.86. The predicted octanol–water partition coefficient (Wildman–Crippen LogP) is 22.1. The molecule has 12 rings (SSSR count). The predicted molar refractivity (Wildman–Crippen MR) is 348 cm³/mol. The van der Waals surface area contributed by atoms with Crippen LogP contribution in [-0.4, -0.2) is 0 Å². The number of rotatable bonds is 6. The fourth-order valence-corrected chi connectivity index (χ4v) is 11.9. The summed E-state index contributed by atoms with van der Waals surface area (Å²) < 4.78 is 0. The third-order valence-electron chi connectivity index (χ3n) is 16.5. The molecule has 394 valence electrons. The molecule has 0 fully saturated rings. The van der Waals surface area contributed by atoms with Crippen molar-refractivity contribution in [2.45, 2.75) is 105 Å².